The van der Waals surface area contributed by atoms with E-state index in [4.69, 9.17) is 9.84 Å². The van der Waals surface area contributed by atoms with E-state index < -0.39 is 11.9 Å². The SMILES string of the molecule is Cc1ccccc1OCCNC(=O)C1CCC1C(=O)O. The number of aliphatic carboxylic acids is 1. The molecule has 0 bridgehead atoms. The summed E-state index contributed by atoms with van der Waals surface area (Å²) in [7, 11) is 0. The molecule has 1 saturated carbocycles. The Labute approximate surface area is 117 Å². The zero-order valence-electron chi connectivity index (χ0n) is 11.5. The van der Waals surface area contributed by atoms with Crippen LogP contribution in [0.3, 0.4) is 0 Å². The molecule has 0 saturated heterocycles. The van der Waals surface area contributed by atoms with Crippen molar-refractivity contribution in [2.45, 2.75) is 19.8 Å². The van der Waals surface area contributed by atoms with Gasteiger partial charge in [-0.25, -0.2) is 0 Å². The zero-order valence-corrected chi connectivity index (χ0v) is 11.5. The molecule has 5 nitrogen and oxygen atoms in total. The van der Waals surface area contributed by atoms with Crippen molar-refractivity contribution < 1.29 is 19.4 Å². The summed E-state index contributed by atoms with van der Waals surface area (Å²) in [6.45, 7) is 2.72. The Morgan fingerprint density at radius 2 is 2.00 bits per heavy atom. The predicted molar refractivity (Wildman–Crippen MR) is 73.5 cm³/mol. The minimum atomic E-state index is -0.882. The summed E-state index contributed by atoms with van der Waals surface area (Å²) in [6.07, 6.45) is 1.24. The lowest BCUT2D eigenvalue weighted by molar-refractivity contribution is -0.152. The number of aryl methyl sites for hydroxylation is 1. The van der Waals surface area contributed by atoms with E-state index in [-0.39, 0.29) is 11.8 Å². The first-order valence-electron chi connectivity index (χ1n) is 6.78. The van der Waals surface area contributed by atoms with E-state index in [2.05, 4.69) is 5.32 Å². The number of para-hydroxylation sites is 1. The second kappa shape index (κ2) is 6.41. The molecule has 1 aliphatic carbocycles. The van der Waals surface area contributed by atoms with Gasteiger partial charge >= 0.3 is 5.97 Å². The highest BCUT2D eigenvalue weighted by atomic mass is 16.5. The molecule has 0 heterocycles. The van der Waals surface area contributed by atoms with Crippen molar-refractivity contribution in [1.29, 1.82) is 0 Å². The summed E-state index contributed by atoms with van der Waals surface area (Å²) >= 11 is 0. The van der Waals surface area contributed by atoms with Gasteiger partial charge in [-0.05, 0) is 31.4 Å². The van der Waals surface area contributed by atoms with Gasteiger partial charge in [0.15, 0.2) is 0 Å². The molecule has 2 rings (SSSR count). The number of carbonyl (C=O) groups is 2. The van der Waals surface area contributed by atoms with Gasteiger partial charge in [0, 0.05) is 0 Å². The van der Waals surface area contributed by atoms with Gasteiger partial charge in [-0.3, -0.25) is 9.59 Å². The first-order valence-corrected chi connectivity index (χ1v) is 6.78. The number of benzene rings is 1. The van der Waals surface area contributed by atoms with E-state index in [0.717, 1.165) is 11.3 Å². The molecule has 0 aliphatic heterocycles. The number of amides is 1. The Hall–Kier alpha value is -2.04. The lowest BCUT2D eigenvalue weighted by Gasteiger charge is -2.31. The number of carboxylic acid groups (broad SMARTS) is 1. The minimum absolute atomic E-state index is 0.183. The third kappa shape index (κ3) is 3.29. The first kappa shape index (κ1) is 14.4. The molecule has 0 spiro atoms. The Balaban J connectivity index is 1.70. The number of hydrogen-bond acceptors (Lipinski definition) is 3. The summed E-state index contributed by atoms with van der Waals surface area (Å²) in [4.78, 5) is 22.6. The number of carbonyl (C=O) groups excluding carboxylic acids is 1. The Morgan fingerprint density at radius 1 is 1.30 bits per heavy atom. The highest BCUT2D eigenvalue weighted by Crippen LogP contribution is 2.34. The lowest BCUT2D eigenvalue weighted by atomic mass is 9.73. The van der Waals surface area contributed by atoms with E-state index >= 15 is 0 Å². The fourth-order valence-electron chi connectivity index (χ4n) is 2.29. The van der Waals surface area contributed by atoms with Crippen molar-refractivity contribution in [3.8, 4) is 5.75 Å². The number of nitrogens with one attached hydrogen (secondary N) is 1. The summed E-state index contributed by atoms with van der Waals surface area (Å²) in [5.74, 6) is -1.17. The molecule has 0 radical (unpaired) electrons. The smallest absolute Gasteiger partial charge is 0.307 e. The fourth-order valence-corrected chi connectivity index (χ4v) is 2.29. The molecule has 1 aliphatic rings. The summed E-state index contributed by atoms with van der Waals surface area (Å²) in [6, 6.07) is 7.67. The van der Waals surface area contributed by atoms with Gasteiger partial charge in [0.05, 0.1) is 18.4 Å². The van der Waals surface area contributed by atoms with Crippen LogP contribution in [-0.2, 0) is 9.59 Å². The van der Waals surface area contributed by atoms with Gasteiger partial charge in [0.2, 0.25) is 5.91 Å². The fraction of sp³-hybridized carbons (Fsp3) is 0.467. The number of rotatable bonds is 6. The molecule has 2 unspecified atom stereocenters. The maximum atomic E-state index is 11.8. The zero-order chi connectivity index (χ0) is 14.5. The van der Waals surface area contributed by atoms with E-state index in [0.29, 0.717) is 26.0 Å². The standard InChI is InChI=1S/C15H19NO4/c1-10-4-2-3-5-13(10)20-9-8-16-14(17)11-6-7-12(11)15(18)19/h2-5,11-12H,6-9H2,1H3,(H,16,17)(H,18,19). The van der Waals surface area contributed by atoms with Crippen LogP contribution in [0.25, 0.3) is 0 Å². The highest BCUT2D eigenvalue weighted by Gasteiger charge is 2.41. The van der Waals surface area contributed by atoms with Gasteiger partial charge in [-0.15, -0.1) is 0 Å². The van der Waals surface area contributed by atoms with Crippen LogP contribution in [0.4, 0.5) is 0 Å². The van der Waals surface area contributed by atoms with Crippen LogP contribution in [0.15, 0.2) is 24.3 Å². The molecule has 1 aromatic carbocycles. The highest BCUT2D eigenvalue weighted by molar-refractivity contribution is 5.86. The van der Waals surface area contributed by atoms with Crippen LogP contribution in [0.5, 0.6) is 5.75 Å². The molecule has 5 heteroatoms. The minimum Gasteiger partial charge on any atom is -0.491 e. The van der Waals surface area contributed by atoms with Crippen molar-refractivity contribution in [1.82, 2.24) is 5.32 Å². The Bertz CT molecular complexity index is 500. The molecule has 1 fully saturated rings. The topological polar surface area (TPSA) is 75.6 Å². The maximum absolute atomic E-state index is 11.8. The van der Waals surface area contributed by atoms with Crippen molar-refractivity contribution in [2.24, 2.45) is 11.8 Å². The quantitative estimate of drug-likeness (QED) is 0.774. The van der Waals surface area contributed by atoms with Crippen LogP contribution in [-0.4, -0.2) is 30.1 Å². The maximum Gasteiger partial charge on any atom is 0.307 e. The van der Waals surface area contributed by atoms with E-state index in [1.807, 2.05) is 31.2 Å². The molecule has 1 aromatic rings. The summed E-state index contributed by atoms with van der Waals surface area (Å²) in [5.41, 5.74) is 1.05. The average molecular weight is 277 g/mol. The largest absolute Gasteiger partial charge is 0.491 e. The van der Waals surface area contributed by atoms with Crippen LogP contribution < -0.4 is 10.1 Å². The van der Waals surface area contributed by atoms with Crippen molar-refractivity contribution in [2.75, 3.05) is 13.2 Å². The Morgan fingerprint density at radius 3 is 2.60 bits per heavy atom. The molecule has 1 amide bonds. The Kier molecular flexibility index (Phi) is 4.61. The van der Waals surface area contributed by atoms with Crippen LogP contribution in [0.2, 0.25) is 0 Å². The van der Waals surface area contributed by atoms with Gasteiger partial charge in [0.1, 0.15) is 12.4 Å². The van der Waals surface area contributed by atoms with Crippen LogP contribution >= 0.6 is 0 Å². The number of ether oxygens (including phenoxy) is 1. The number of hydrogen-bond donors (Lipinski definition) is 2. The van der Waals surface area contributed by atoms with Crippen molar-refractivity contribution in [3.05, 3.63) is 29.8 Å². The van der Waals surface area contributed by atoms with Gasteiger partial charge in [-0.2, -0.15) is 0 Å². The normalized spacial score (nSPS) is 20.9. The third-order valence-corrected chi connectivity index (χ3v) is 3.68. The van der Waals surface area contributed by atoms with Crippen LogP contribution in [0.1, 0.15) is 18.4 Å². The van der Waals surface area contributed by atoms with Gasteiger partial charge < -0.3 is 15.2 Å². The lowest BCUT2D eigenvalue weighted by Crippen LogP contribution is -2.44. The predicted octanol–water partition coefficient (Wildman–Crippen LogP) is 1.60. The van der Waals surface area contributed by atoms with Gasteiger partial charge in [0.25, 0.3) is 0 Å². The second-order valence-corrected chi connectivity index (χ2v) is 5.03. The summed E-state index contributed by atoms with van der Waals surface area (Å²) < 4.78 is 5.56. The molecular weight excluding hydrogens is 258 g/mol. The van der Waals surface area contributed by atoms with Crippen molar-refractivity contribution >= 4 is 11.9 Å². The molecular formula is C15H19NO4. The molecule has 20 heavy (non-hydrogen) atoms. The molecule has 0 aromatic heterocycles. The average Bonchev–Trinajstić information content (AvgIpc) is 2.34. The summed E-state index contributed by atoms with van der Waals surface area (Å²) in [5, 5.41) is 11.6. The number of carboxylic acids is 1. The van der Waals surface area contributed by atoms with Gasteiger partial charge in [-0.1, -0.05) is 18.2 Å². The van der Waals surface area contributed by atoms with Crippen LogP contribution in [0, 0.1) is 18.8 Å². The van der Waals surface area contributed by atoms with E-state index in [1.54, 1.807) is 0 Å². The molecule has 108 valence electrons. The second-order valence-electron chi connectivity index (χ2n) is 5.03. The van der Waals surface area contributed by atoms with Crippen molar-refractivity contribution in [3.63, 3.8) is 0 Å². The third-order valence-electron chi connectivity index (χ3n) is 3.68. The van der Waals surface area contributed by atoms with E-state index in [1.165, 1.54) is 0 Å². The molecule has 2 N–H and O–H groups in total. The van der Waals surface area contributed by atoms with E-state index in [9.17, 15) is 9.59 Å². The first-order chi connectivity index (χ1) is 9.59. The molecule has 2 atom stereocenters. The monoisotopic (exact) mass is 277 g/mol.